The number of ether oxygens (including phenoxy) is 6. The standard InChI is InChI=1S/C18H34N2O11/c21-13-16(22)19-1-3-26-5-7-28-9-11-30-12-10-29-8-6-27-4-2-20-17(23)14-31-15-18(24)25/h21H,1-15H2,(H,19,22)(H,20,23)(H,24,25). The van der Waals surface area contributed by atoms with Gasteiger partial charge >= 0.3 is 5.97 Å². The monoisotopic (exact) mass is 454 g/mol. The summed E-state index contributed by atoms with van der Waals surface area (Å²) in [5.41, 5.74) is 0. The van der Waals surface area contributed by atoms with Crippen molar-refractivity contribution in [3.63, 3.8) is 0 Å². The Labute approximate surface area is 181 Å². The number of carboxylic acid groups (broad SMARTS) is 1. The van der Waals surface area contributed by atoms with Crippen LogP contribution in [0.2, 0.25) is 0 Å². The summed E-state index contributed by atoms with van der Waals surface area (Å²) < 4.78 is 31.1. The van der Waals surface area contributed by atoms with E-state index in [0.717, 1.165) is 0 Å². The third-order valence-electron chi connectivity index (χ3n) is 3.23. The first-order valence-corrected chi connectivity index (χ1v) is 9.88. The summed E-state index contributed by atoms with van der Waals surface area (Å²) in [6.07, 6.45) is 0. The van der Waals surface area contributed by atoms with E-state index in [9.17, 15) is 14.4 Å². The lowest BCUT2D eigenvalue weighted by molar-refractivity contribution is -0.143. The summed E-state index contributed by atoms with van der Waals surface area (Å²) in [5, 5.41) is 21.9. The third kappa shape index (κ3) is 24.3. The molecule has 0 unspecified atom stereocenters. The van der Waals surface area contributed by atoms with Gasteiger partial charge < -0.3 is 49.3 Å². The molecule has 4 N–H and O–H groups in total. The average Bonchev–Trinajstić information content (AvgIpc) is 2.74. The van der Waals surface area contributed by atoms with Crippen LogP contribution in [0.4, 0.5) is 0 Å². The summed E-state index contributed by atoms with van der Waals surface area (Å²) in [5.74, 6) is -1.96. The molecule has 0 spiro atoms. The number of aliphatic hydroxyl groups excluding tert-OH is 1. The zero-order valence-electron chi connectivity index (χ0n) is 17.7. The molecule has 0 aromatic rings. The van der Waals surface area contributed by atoms with Crippen LogP contribution in [0.3, 0.4) is 0 Å². The first-order valence-electron chi connectivity index (χ1n) is 9.88. The molecule has 0 radical (unpaired) electrons. The maximum atomic E-state index is 11.3. The summed E-state index contributed by atoms with van der Waals surface area (Å²) >= 11 is 0. The molecule has 0 aliphatic heterocycles. The molecule has 0 aromatic carbocycles. The number of nitrogens with one attached hydrogen (secondary N) is 2. The van der Waals surface area contributed by atoms with Crippen LogP contribution in [0.15, 0.2) is 0 Å². The van der Waals surface area contributed by atoms with Gasteiger partial charge in [0.25, 0.3) is 0 Å². The van der Waals surface area contributed by atoms with Crippen molar-refractivity contribution in [2.75, 3.05) is 99.0 Å². The Kier molecular flexibility index (Phi) is 21.4. The molecule has 0 saturated heterocycles. The number of rotatable bonds is 23. The number of hydrogen-bond donors (Lipinski definition) is 4. The predicted molar refractivity (Wildman–Crippen MR) is 106 cm³/mol. The second-order valence-corrected chi connectivity index (χ2v) is 5.81. The van der Waals surface area contributed by atoms with Crippen molar-refractivity contribution >= 4 is 17.8 Å². The molecule has 0 aliphatic carbocycles. The van der Waals surface area contributed by atoms with Gasteiger partial charge in [-0.25, -0.2) is 4.79 Å². The molecule has 0 heterocycles. The van der Waals surface area contributed by atoms with Gasteiger partial charge in [-0.3, -0.25) is 9.59 Å². The molecule has 0 aliphatic rings. The Hall–Kier alpha value is -1.87. The zero-order valence-corrected chi connectivity index (χ0v) is 17.7. The molecule has 0 aromatic heterocycles. The van der Waals surface area contributed by atoms with Crippen molar-refractivity contribution in [2.24, 2.45) is 0 Å². The van der Waals surface area contributed by atoms with Crippen molar-refractivity contribution in [2.45, 2.75) is 0 Å². The maximum absolute atomic E-state index is 11.3. The second-order valence-electron chi connectivity index (χ2n) is 5.81. The number of amides is 2. The number of aliphatic hydroxyl groups is 1. The maximum Gasteiger partial charge on any atom is 0.329 e. The van der Waals surface area contributed by atoms with Gasteiger partial charge in [0.2, 0.25) is 11.8 Å². The van der Waals surface area contributed by atoms with Gasteiger partial charge in [-0.15, -0.1) is 0 Å². The molecule has 13 nitrogen and oxygen atoms in total. The first kappa shape index (κ1) is 29.1. The smallest absolute Gasteiger partial charge is 0.329 e. The fourth-order valence-corrected chi connectivity index (χ4v) is 1.84. The van der Waals surface area contributed by atoms with Crippen molar-refractivity contribution < 1.29 is 53.0 Å². The lowest BCUT2D eigenvalue weighted by Gasteiger charge is -2.08. The molecule has 13 heteroatoms. The number of hydrogen-bond acceptors (Lipinski definition) is 10. The fourth-order valence-electron chi connectivity index (χ4n) is 1.84. The molecular weight excluding hydrogens is 420 g/mol. The number of carboxylic acids is 1. The largest absolute Gasteiger partial charge is 0.480 e. The van der Waals surface area contributed by atoms with E-state index in [1.54, 1.807) is 0 Å². The van der Waals surface area contributed by atoms with Crippen molar-refractivity contribution in [1.29, 1.82) is 0 Å². The topological polar surface area (TPSA) is 171 Å². The predicted octanol–water partition coefficient (Wildman–Crippen LogP) is -2.60. The van der Waals surface area contributed by atoms with Crippen molar-refractivity contribution in [1.82, 2.24) is 10.6 Å². The van der Waals surface area contributed by atoms with E-state index in [-0.39, 0.29) is 6.61 Å². The van der Waals surface area contributed by atoms with Gasteiger partial charge in [0.1, 0.15) is 19.8 Å². The van der Waals surface area contributed by atoms with E-state index in [4.69, 9.17) is 33.9 Å². The van der Waals surface area contributed by atoms with E-state index >= 15 is 0 Å². The van der Waals surface area contributed by atoms with Crippen LogP contribution in [-0.4, -0.2) is 127 Å². The van der Waals surface area contributed by atoms with Crippen molar-refractivity contribution in [3.05, 3.63) is 0 Å². The lowest BCUT2D eigenvalue weighted by atomic mass is 10.6. The second kappa shape index (κ2) is 22.8. The highest BCUT2D eigenvalue weighted by molar-refractivity contribution is 5.77. The molecular formula is C18H34N2O11. The molecule has 0 rings (SSSR count). The Morgan fingerprint density at radius 3 is 1.32 bits per heavy atom. The highest BCUT2D eigenvalue weighted by atomic mass is 16.6. The minimum atomic E-state index is -1.13. The Balaban J connectivity index is 3.13. The summed E-state index contributed by atoms with van der Waals surface area (Å²) in [7, 11) is 0. The quantitative estimate of drug-likeness (QED) is 0.119. The molecule has 0 bridgehead atoms. The number of carbonyl (C=O) groups is 3. The van der Waals surface area contributed by atoms with Gasteiger partial charge in [-0.1, -0.05) is 0 Å². The summed E-state index contributed by atoms with van der Waals surface area (Å²) in [6, 6.07) is 0. The zero-order chi connectivity index (χ0) is 23.0. The van der Waals surface area contributed by atoms with Gasteiger partial charge in [0, 0.05) is 13.1 Å². The fraction of sp³-hybridized carbons (Fsp3) is 0.833. The first-order chi connectivity index (χ1) is 15.1. The SMILES string of the molecule is O=C(O)COCC(=O)NCCOCCOCCOCCOCCOCCNC(=O)CO. The lowest BCUT2D eigenvalue weighted by Crippen LogP contribution is -2.31. The van der Waals surface area contributed by atoms with Crippen LogP contribution in [0.1, 0.15) is 0 Å². The van der Waals surface area contributed by atoms with Crippen LogP contribution in [0.25, 0.3) is 0 Å². The van der Waals surface area contributed by atoms with Crippen LogP contribution in [-0.2, 0) is 42.8 Å². The van der Waals surface area contributed by atoms with Crippen LogP contribution in [0.5, 0.6) is 0 Å². The van der Waals surface area contributed by atoms with Gasteiger partial charge in [-0.2, -0.15) is 0 Å². The summed E-state index contributed by atoms with van der Waals surface area (Å²) in [4.78, 5) is 32.2. The van der Waals surface area contributed by atoms with E-state index in [0.29, 0.717) is 79.2 Å². The molecule has 0 saturated carbocycles. The van der Waals surface area contributed by atoms with E-state index in [1.165, 1.54) is 0 Å². The van der Waals surface area contributed by atoms with E-state index in [2.05, 4.69) is 15.4 Å². The molecule has 2 amide bonds. The van der Waals surface area contributed by atoms with Crippen LogP contribution < -0.4 is 10.6 Å². The van der Waals surface area contributed by atoms with Gasteiger partial charge in [0.15, 0.2) is 0 Å². The Bertz CT molecular complexity index is 466. The third-order valence-corrected chi connectivity index (χ3v) is 3.23. The van der Waals surface area contributed by atoms with Gasteiger partial charge in [-0.05, 0) is 0 Å². The highest BCUT2D eigenvalue weighted by Crippen LogP contribution is 1.84. The molecule has 0 atom stereocenters. The number of carbonyl (C=O) groups excluding carboxylic acids is 2. The van der Waals surface area contributed by atoms with Crippen LogP contribution >= 0.6 is 0 Å². The number of aliphatic carboxylic acids is 1. The van der Waals surface area contributed by atoms with Crippen LogP contribution in [0, 0.1) is 0 Å². The Morgan fingerprint density at radius 2 is 0.935 bits per heavy atom. The normalized spacial score (nSPS) is 10.7. The van der Waals surface area contributed by atoms with Gasteiger partial charge in [0.05, 0.1) is 66.1 Å². The van der Waals surface area contributed by atoms with E-state index < -0.39 is 31.0 Å². The molecule has 182 valence electrons. The molecule has 31 heavy (non-hydrogen) atoms. The molecule has 0 fully saturated rings. The van der Waals surface area contributed by atoms with E-state index in [1.807, 2.05) is 0 Å². The Morgan fingerprint density at radius 1 is 0.548 bits per heavy atom. The average molecular weight is 454 g/mol. The van der Waals surface area contributed by atoms with Crippen molar-refractivity contribution in [3.8, 4) is 0 Å². The summed E-state index contributed by atoms with van der Waals surface area (Å²) in [6.45, 7) is 3.26. The minimum absolute atomic E-state index is 0.295. The minimum Gasteiger partial charge on any atom is -0.480 e. The highest BCUT2D eigenvalue weighted by Gasteiger charge is 2.03.